The normalized spacial score (nSPS) is 12.8. The third kappa shape index (κ3) is 8.31. The van der Waals surface area contributed by atoms with E-state index in [1.807, 2.05) is 6.92 Å². The maximum absolute atomic E-state index is 11.2. The molecule has 0 aromatic carbocycles. The molecule has 0 aliphatic carbocycles. The van der Waals surface area contributed by atoms with E-state index >= 15 is 0 Å². The molecule has 0 rings (SSSR count). The van der Waals surface area contributed by atoms with Crippen LogP contribution in [0.25, 0.3) is 0 Å². The number of carbonyl (C=O) groups excluding carboxylic acids is 1. The van der Waals surface area contributed by atoms with Gasteiger partial charge in [-0.1, -0.05) is 20.8 Å². The van der Waals surface area contributed by atoms with Gasteiger partial charge in [0, 0.05) is 11.9 Å². The van der Waals surface area contributed by atoms with Gasteiger partial charge in [-0.05, 0) is 12.8 Å². The monoisotopic (exact) mass is 204 g/mol. The number of carbonyl (C=O) groups is 1. The van der Waals surface area contributed by atoms with Crippen LogP contribution < -0.4 is 0 Å². The Morgan fingerprint density at radius 2 is 2.15 bits per heavy atom. The van der Waals surface area contributed by atoms with E-state index in [0.717, 1.165) is 12.8 Å². The number of Topliss-reactive ketones (excluding diaryl/α,β-unsaturated/α-hetero) is 1. The van der Waals surface area contributed by atoms with Crippen molar-refractivity contribution in [3.63, 3.8) is 0 Å². The summed E-state index contributed by atoms with van der Waals surface area (Å²) < 4.78 is 5.15. The quantitative estimate of drug-likeness (QED) is 0.568. The lowest BCUT2D eigenvalue weighted by molar-refractivity contribution is -0.121. The minimum Gasteiger partial charge on any atom is -0.374 e. The summed E-state index contributed by atoms with van der Waals surface area (Å²) in [6.07, 6.45) is 2.10. The molecule has 0 spiro atoms. The second-order valence-corrected chi connectivity index (χ2v) is 4.55. The first kappa shape index (κ1) is 13.0. The predicted molar refractivity (Wildman–Crippen MR) is 58.3 cm³/mol. The third-order valence-corrected chi connectivity index (χ3v) is 3.11. The van der Waals surface area contributed by atoms with Gasteiger partial charge in [0.2, 0.25) is 0 Å². The van der Waals surface area contributed by atoms with Crippen molar-refractivity contribution in [1.82, 2.24) is 0 Å². The first-order chi connectivity index (χ1) is 6.20. The van der Waals surface area contributed by atoms with Crippen molar-refractivity contribution < 1.29 is 9.53 Å². The van der Waals surface area contributed by atoms with Gasteiger partial charge in [0.05, 0.1) is 5.75 Å². The van der Waals surface area contributed by atoms with Crippen molar-refractivity contribution in [2.75, 3.05) is 19.0 Å². The number of thioether (sulfide) groups is 1. The average molecular weight is 204 g/mol. The molecule has 0 saturated carbocycles. The minimum atomic E-state index is 0.207. The summed E-state index contributed by atoms with van der Waals surface area (Å²) in [6, 6.07) is 0. The summed E-state index contributed by atoms with van der Waals surface area (Å²) in [5.74, 6) is 0.803. The lowest BCUT2D eigenvalue weighted by atomic mass is 10.4. The van der Waals surface area contributed by atoms with Crippen LogP contribution in [0.1, 0.15) is 33.6 Å². The Morgan fingerprint density at radius 1 is 1.46 bits per heavy atom. The SMILES string of the molecule is CCCOCC(=O)CSC(C)CC. The predicted octanol–water partition coefficient (Wildman–Crippen LogP) is 2.51. The summed E-state index contributed by atoms with van der Waals surface area (Å²) in [4.78, 5) is 11.2. The average Bonchev–Trinajstić information content (AvgIpc) is 2.14. The highest BCUT2D eigenvalue weighted by Crippen LogP contribution is 2.12. The lowest BCUT2D eigenvalue weighted by Crippen LogP contribution is -2.13. The fraction of sp³-hybridized carbons (Fsp3) is 0.900. The number of hydrogen-bond donors (Lipinski definition) is 0. The first-order valence-electron chi connectivity index (χ1n) is 4.91. The second-order valence-electron chi connectivity index (χ2n) is 3.12. The largest absolute Gasteiger partial charge is 0.374 e. The first-order valence-corrected chi connectivity index (χ1v) is 5.96. The van der Waals surface area contributed by atoms with E-state index in [1.165, 1.54) is 0 Å². The molecule has 1 atom stereocenters. The van der Waals surface area contributed by atoms with Crippen molar-refractivity contribution in [3.8, 4) is 0 Å². The van der Waals surface area contributed by atoms with Gasteiger partial charge in [-0.15, -0.1) is 0 Å². The Labute approximate surface area is 85.4 Å². The van der Waals surface area contributed by atoms with Crippen LogP contribution in [-0.4, -0.2) is 30.0 Å². The number of ether oxygens (including phenoxy) is 1. The molecule has 0 N–H and O–H groups in total. The molecule has 0 heterocycles. The molecule has 0 aromatic heterocycles. The van der Waals surface area contributed by atoms with Crippen LogP contribution in [0.3, 0.4) is 0 Å². The van der Waals surface area contributed by atoms with Crippen LogP contribution >= 0.6 is 11.8 Å². The van der Waals surface area contributed by atoms with E-state index in [4.69, 9.17) is 4.74 Å². The molecule has 0 fully saturated rings. The minimum absolute atomic E-state index is 0.207. The van der Waals surface area contributed by atoms with Crippen LogP contribution in [0, 0.1) is 0 Å². The van der Waals surface area contributed by atoms with Gasteiger partial charge in [0.1, 0.15) is 6.61 Å². The van der Waals surface area contributed by atoms with Gasteiger partial charge >= 0.3 is 0 Å². The molecule has 0 aliphatic heterocycles. The Balaban J connectivity index is 3.30. The van der Waals surface area contributed by atoms with Gasteiger partial charge in [-0.2, -0.15) is 11.8 Å². The Morgan fingerprint density at radius 3 is 2.69 bits per heavy atom. The molecule has 0 bridgehead atoms. The van der Waals surface area contributed by atoms with Gasteiger partial charge in [-0.3, -0.25) is 4.79 Å². The van der Waals surface area contributed by atoms with E-state index < -0.39 is 0 Å². The van der Waals surface area contributed by atoms with Crippen molar-refractivity contribution in [2.45, 2.75) is 38.9 Å². The van der Waals surface area contributed by atoms with Crippen molar-refractivity contribution in [3.05, 3.63) is 0 Å². The maximum atomic E-state index is 11.2. The highest BCUT2D eigenvalue weighted by Gasteiger charge is 2.05. The Kier molecular flexibility index (Phi) is 8.56. The van der Waals surface area contributed by atoms with Crippen LogP contribution in [0.2, 0.25) is 0 Å². The number of ketones is 1. The summed E-state index contributed by atoms with van der Waals surface area (Å²) >= 11 is 1.71. The zero-order valence-electron chi connectivity index (χ0n) is 8.84. The molecular formula is C10H20O2S. The second kappa shape index (κ2) is 8.57. The molecule has 0 radical (unpaired) electrons. The fourth-order valence-electron chi connectivity index (χ4n) is 0.725. The van der Waals surface area contributed by atoms with Gasteiger partial charge in [0.15, 0.2) is 5.78 Å². The van der Waals surface area contributed by atoms with E-state index in [1.54, 1.807) is 11.8 Å². The standard InChI is InChI=1S/C10H20O2S/c1-4-6-12-7-10(11)8-13-9(3)5-2/h9H,4-8H2,1-3H3. The molecule has 1 unspecified atom stereocenters. The summed E-state index contributed by atoms with van der Waals surface area (Å²) in [5.41, 5.74) is 0. The fourth-order valence-corrected chi connectivity index (χ4v) is 1.51. The zero-order valence-corrected chi connectivity index (χ0v) is 9.65. The number of rotatable bonds is 8. The van der Waals surface area contributed by atoms with E-state index in [0.29, 0.717) is 17.6 Å². The highest BCUT2D eigenvalue weighted by molar-refractivity contribution is 8.00. The van der Waals surface area contributed by atoms with Gasteiger partial charge in [0.25, 0.3) is 0 Å². The maximum Gasteiger partial charge on any atom is 0.168 e. The summed E-state index contributed by atoms with van der Waals surface area (Å²) in [5, 5.41) is 0.579. The van der Waals surface area contributed by atoms with Crippen LogP contribution in [0.4, 0.5) is 0 Å². The molecule has 78 valence electrons. The lowest BCUT2D eigenvalue weighted by Gasteiger charge is -2.07. The van der Waals surface area contributed by atoms with Crippen molar-refractivity contribution in [1.29, 1.82) is 0 Å². The summed E-state index contributed by atoms with van der Waals surface area (Å²) in [6.45, 7) is 7.30. The van der Waals surface area contributed by atoms with E-state index in [-0.39, 0.29) is 12.4 Å². The van der Waals surface area contributed by atoms with Crippen LogP contribution in [-0.2, 0) is 9.53 Å². The molecule has 13 heavy (non-hydrogen) atoms. The van der Waals surface area contributed by atoms with Crippen molar-refractivity contribution >= 4 is 17.5 Å². The zero-order chi connectivity index (χ0) is 10.1. The van der Waals surface area contributed by atoms with Crippen molar-refractivity contribution in [2.24, 2.45) is 0 Å². The Hall–Kier alpha value is -0.0200. The number of hydrogen-bond acceptors (Lipinski definition) is 3. The van der Waals surface area contributed by atoms with Crippen LogP contribution in [0.15, 0.2) is 0 Å². The molecule has 0 aliphatic rings. The van der Waals surface area contributed by atoms with E-state index in [2.05, 4.69) is 13.8 Å². The molecule has 2 nitrogen and oxygen atoms in total. The van der Waals surface area contributed by atoms with E-state index in [9.17, 15) is 4.79 Å². The van der Waals surface area contributed by atoms with Crippen LogP contribution in [0.5, 0.6) is 0 Å². The molecule has 0 saturated heterocycles. The third-order valence-electron chi connectivity index (χ3n) is 1.72. The molecule has 0 aromatic rings. The topological polar surface area (TPSA) is 26.3 Å². The molecule has 0 amide bonds. The molecule has 3 heteroatoms. The smallest absolute Gasteiger partial charge is 0.168 e. The molecular weight excluding hydrogens is 184 g/mol. The van der Waals surface area contributed by atoms with Gasteiger partial charge < -0.3 is 4.74 Å². The summed E-state index contributed by atoms with van der Waals surface area (Å²) in [7, 11) is 0. The Bertz CT molecular complexity index is 137. The highest BCUT2D eigenvalue weighted by atomic mass is 32.2. The van der Waals surface area contributed by atoms with Gasteiger partial charge in [-0.25, -0.2) is 0 Å².